The van der Waals surface area contributed by atoms with Crippen molar-refractivity contribution in [3.8, 4) is 5.69 Å². The van der Waals surface area contributed by atoms with Gasteiger partial charge in [-0.05, 0) is 51.7 Å². The number of aryl methyl sites for hydroxylation is 2. The Labute approximate surface area is 153 Å². The van der Waals surface area contributed by atoms with Crippen LogP contribution in [0.4, 0.5) is 0 Å². The first-order valence-corrected chi connectivity index (χ1v) is 10.00. The lowest BCUT2D eigenvalue weighted by Crippen LogP contribution is -2.44. The van der Waals surface area contributed by atoms with Gasteiger partial charge >= 0.3 is 0 Å². The van der Waals surface area contributed by atoms with Crippen molar-refractivity contribution in [3.05, 3.63) is 35.7 Å². The van der Waals surface area contributed by atoms with Crippen LogP contribution in [-0.4, -0.2) is 43.9 Å². The van der Waals surface area contributed by atoms with E-state index < -0.39 is 0 Å². The van der Waals surface area contributed by atoms with Crippen LogP contribution in [0.5, 0.6) is 0 Å². The Kier molecular flexibility index (Phi) is 5.78. The maximum absolute atomic E-state index is 12.7. The number of rotatable bonds is 5. The third kappa shape index (κ3) is 4.06. The fourth-order valence-corrected chi connectivity index (χ4v) is 4.27. The first-order valence-electron chi connectivity index (χ1n) is 9.01. The molecule has 1 saturated heterocycles. The van der Waals surface area contributed by atoms with Gasteiger partial charge in [-0.2, -0.15) is 0 Å². The average molecular weight is 359 g/mol. The third-order valence-electron chi connectivity index (χ3n) is 4.83. The minimum atomic E-state index is 0.215. The van der Waals surface area contributed by atoms with Gasteiger partial charge in [0.05, 0.1) is 5.75 Å². The topological polar surface area (TPSA) is 51.0 Å². The van der Waals surface area contributed by atoms with E-state index in [9.17, 15) is 4.79 Å². The molecule has 1 fully saturated rings. The van der Waals surface area contributed by atoms with Gasteiger partial charge in [-0.15, -0.1) is 10.2 Å². The average Bonchev–Trinajstić information content (AvgIpc) is 3.01. The second kappa shape index (κ2) is 8.04. The number of benzene rings is 1. The number of piperidine rings is 1. The summed E-state index contributed by atoms with van der Waals surface area (Å²) in [6, 6.07) is 8.69. The first kappa shape index (κ1) is 18.0. The standard InChI is InChI=1S/C19H26N4OS/c1-4-16-7-5-6-12-22(16)18(24)13-25-19-21-20-15(3)23(19)17-10-8-14(2)9-11-17/h8-11,16H,4-7,12-13H2,1-3H3/t16-/m0/s1. The second-order valence-corrected chi connectivity index (χ2v) is 7.58. The molecule has 1 aliphatic rings. The van der Waals surface area contributed by atoms with Crippen molar-refractivity contribution in [2.24, 2.45) is 0 Å². The van der Waals surface area contributed by atoms with Gasteiger partial charge in [-0.1, -0.05) is 36.4 Å². The third-order valence-corrected chi connectivity index (χ3v) is 5.74. The highest BCUT2D eigenvalue weighted by molar-refractivity contribution is 7.99. The Hall–Kier alpha value is -1.82. The number of hydrogen-bond donors (Lipinski definition) is 0. The van der Waals surface area contributed by atoms with Crippen LogP contribution in [0, 0.1) is 13.8 Å². The van der Waals surface area contributed by atoms with Gasteiger partial charge in [-0.3, -0.25) is 9.36 Å². The van der Waals surface area contributed by atoms with Crippen LogP contribution >= 0.6 is 11.8 Å². The SMILES string of the molecule is CC[C@H]1CCCCN1C(=O)CSc1nnc(C)n1-c1ccc(C)cc1. The number of nitrogens with zero attached hydrogens (tertiary/aromatic N) is 4. The van der Waals surface area contributed by atoms with Crippen molar-refractivity contribution in [3.63, 3.8) is 0 Å². The van der Waals surface area contributed by atoms with Crippen LogP contribution in [-0.2, 0) is 4.79 Å². The summed E-state index contributed by atoms with van der Waals surface area (Å²) in [6.45, 7) is 7.07. The highest BCUT2D eigenvalue weighted by atomic mass is 32.2. The molecule has 1 aromatic carbocycles. The van der Waals surface area contributed by atoms with Gasteiger partial charge in [-0.25, -0.2) is 0 Å². The summed E-state index contributed by atoms with van der Waals surface area (Å²) >= 11 is 1.48. The molecule has 1 atom stereocenters. The molecular formula is C19H26N4OS. The summed E-state index contributed by atoms with van der Waals surface area (Å²) < 4.78 is 2.02. The molecule has 0 N–H and O–H groups in total. The van der Waals surface area contributed by atoms with Crippen molar-refractivity contribution in [1.82, 2.24) is 19.7 Å². The molecule has 0 radical (unpaired) electrons. The van der Waals surface area contributed by atoms with Crippen molar-refractivity contribution in [2.45, 2.75) is 57.7 Å². The van der Waals surface area contributed by atoms with Gasteiger partial charge in [0.2, 0.25) is 5.91 Å². The van der Waals surface area contributed by atoms with E-state index in [-0.39, 0.29) is 5.91 Å². The second-order valence-electron chi connectivity index (χ2n) is 6.63. The molecule has 0 spiro atoms. The molecule has 25 heavy (non-hydrogen) atoms. The van der Waals surface area contributed by atoms with Gasteiger partial charge < -0.3 is 4.90 Å². The van der Waals surface area contributed by atoms with E-state index in [1.54, 1.807) is 0 Å². The van der Waals surface area contributed by atoms with E-state index in [2.05, 4.69) is 53.2 Å². The zero-order chi connectivity index (χ0) is 17.8. The molecule has 0 saturated carbocycles. The number of carbonyl (C=O) groups is 1. The molecule has 0 unspecified atom stereocenters. The Balaban J connectivity index is 1.71. The van der Waals surface area contributed by atoms with E-state index in [4.69, 9.17) is 0 Å². The maximum atomic E-state index is 12.7. The zero-order valence-corrected chi connectivity index (χ0v) is 16.1. The van der Waals surface area contributed by atoms with Gasteiger partial charge in [0, 0.05) is 18.3 Å². The molecule has 0 aliphatic carbocycles. The lowest BCUT2D eigenvalue weighted by molar-refractivity contribution is -0.132. The van der Waals surface area contributed by atoms with Crippen molar-refractivity contribution < 1.29 is 4.79 Å². The zero-order valence-electron chi connectivity index (χ0n) is 15.2. The van der Waals surface area contributed by atoms with Gasteiger partial charge in [0.15, 0.2) is 5.16 Å². The van der Waals surface area contributed by atoms with Crippen LogP contribution in [0.1, 0.15) is 44.0 Å². The van der Waals surface area contributed by atoms with E-state index in [0.29, 0.717) is 11.8 Å². The fraction of sp³-hybridized carbons (Fsp3) is 0.526. The minimum absolute atomic E-state index is 0.215. The van der Waals surface area contributed by atoms with E-state index in [1.165, 1.54) is 23.7 Å². The Morgan fingerprint density at radius 1 is 1.20 bits per heavy atom. The lowest BCUT2D eigenvalue weighted by atomic mass is 10.0. The summed E-state index contributed by atoms with van der Waals surface area (Å²) in [5, 5.41) is 9.26. The molecular weight excluding hydrogens is 332 g/mol. The summed E-state index contributed by atoms with van der Waals surface area (Å²) in [6.07, 6.45) is 4.52. The normalized spacial score (nSPS) is 17.7. The number of amides is 1. The summed E-state index contributed by atoms with van der Waals surface area (Å²) in [5.74, 6) is 1.47. The predicted molar refractivity (Wildman–Crippen MR) is 101 cm³/mol. The molecule has 134 valence electrons. The first-order chi connectivity index (χ1) is 12.1. The maximum Gasteiger partial charge on any atom is 0.233 e. The quantitative estimate of drug-likeness (QED) is 0.764. The van der Waals surface area contributed by atoms with Gasteiger partial charge in [0.1, 0.15) is 5.82 Å². The van der Waals surface area contributed by atoms with Crippen LogP contribution in [0.2, 0.25) is 0 Å². The molecule has 6 heteroatoms. The summed E-state index contributed by atoms with van der Waals surface area (Å²) in [5.41, 5.74) is 2.25. The van der Waals surface area contributed by atoms with Gasteiger partial charge in [0.25, 0.3) is 0 Å². The van der Waals surface area contributed by atoms with E-state index >= 15 is 0 Å². The summed E-state index contributed by atoms with van der Waals surface area (Å²) in [4.78, 5) is 14.8. The molecule has 2 heterocycles. The molecule has 5 nitrogen and oxygen atoms in total. The van der Waals surface area contributed by atoms with Crippen molar-refractivity contribution in [2.75, 3.05) is 12.3 Å². The number of likely N-dealkylation sites (tertiary alicyclic amines) is 1. The molecule has 1 amide bonds. The smallest absolute Gasteiger partial charge is 0.233 e. The summed E-state index contributed by atoms with van der Waals surface area (Å²) in [7, 11) is 0. The molecule has 2 aromatic rings. The Morgan fingerprint density at radius 3 is 2.68 bits per heavy atom. The van der Waals surface area contributed by atoms with E-state index in [0.717, 1.165) is 42.5 Å². The highest BCUT2D eigenvalue weighted by Crippen LogP contribution is 2.25. The van der Waals surface area contributed by atoms with Crippen molar-refractivity contribution in [1.29, 1.82) is 0 Å². The van der Waals surface area contributed by atoms with Crippen LogP contribution in [0.3, 0.4) is 0 Å². The Morgan fingerprint density at radius 2 is 1.96 bits per heavy atom. The molecule has 0 bridgehead atoms. The van der Waals surface area contributed by atoms with E-state index in [1.807, 2.05) is 11.5 Å². The lowest BCUT2D eigenvalue weighted by Gasteiger charge is -2.35. The minimum Gasteiger partial charge on any atom is -0.339 e. The predicted octanol–water partition coefficient (Wildman–Crippen LogP) is 3.77. The number of carbonyl (C=O) groups excluding carboxylic acids is 1. The monoisotopic (exact) mass is 358 g/mol. The number of hydrogen-bond acceptors (Lipinski definition) is 4. The molecule has 1 aromatic heterocycles. The van der Waals surface area contributed by atoms with Crippen molar-refractivity contribution >= 4 is 17.7 Å². The number of aromatic nitrogens is 3. The molecule has 1 aliphatic heterocycles. The largest absolute Gasteiger partial charge is 0.339 e. The van der Waals surface area contributed by atoms with Crippen LogP contribution in [0.25, 0.3) is 5.69 Å². The van der Waals surface area contributed by atoms with Crippen LogP contribution < -0.4 is 0 Å². The Bertz CT molecular complexity index is 726. The highest BCUT2D eigenvalue weighted by Gasteiger charge is 2.25. The fourth-order valence-electron chi connectivity index (χ4n) is 3.39. The molecule has 3 rings (SSSR count). The van der Waals surface area contributed by atoms with Crippen LogP contribution in [0.15, 0.2) is 29.4 Å². The number of thioether (sulfide) groups is 1.